The zero-order chi connectivity index (χ0) is 13.8. The van der Waals surface area contributed by atoms with Gasteiger partial charge in [0, 0.05) is 24.7 Å². The molecule has 0 amide bonds. The van der Waals surface area contributed by atoms with Crippen molar-refractivity contribution in [3.05, 3.63) is 35.4 Å². The standard InChI is InChI=1S/C15H23N3O/c1-3-14-10-19-11(2)8-18(14)9-12-4-6-13(7-5-12)15(16)17/h4-7,11,14H,3,8-10H2,1-2H3,(H3,16,17). The first kappa shape index (κ1) is 14.0. The van der Waals surface area contributed by atoms with E-state index in [0.717, 1.165) is 31.7 Å². The molecule has 1 aliphatic heterocycles. The largest absolute Gasteiger partial charge is 0.384 e. The Morgan fingerprint density at radius 2 is 2.11 bits per heavy atom. The van der Waals surface area contributed by atoms with Gasteiger partial charge in [-0.25, -0.2) is 0 Å². The van der Waals surface area contributed by atoms with Gasteiger partial charge in [-0.05, 0) is 18.9 Å². The van der Waals surface area contributed by atoms with Crippen molar-refractivity contribution in [3.63, 3.8) is 0 Å². The van der Waals surface area contributed by atoms with E-state index in [1.54, 1.807) is 0 Å². The van der Waals surface area contributed by atoms with Crippen LogP contribution in [0.4, 0.5) is 0 Å². The molecule has 1 saturated heterocycles. The Labute approximate surface area is 115 Å². The molecule has 0 bridgehead atoms. The molecule has 2 unspecified atom stereocenters. The Kier molecular flexibility index (Phi) is 4.56. The van der Waals surface area contributed by atoms with Crippen LogP contribution in [0.15, 0.2) is 24.3 Å². The van der Waals surface area contributed by atoms with Crippen molar-refractivity contribution in [1.82, 2.24) is 4.90 Å². The van der Waals surface area contributed by atoms with E-state index in [-0.39, 0.29) is 5.84 Å². The maximum absolute atomic E-state index is 7.40. The SMILES string of the molecule is CCC1COC(C)CN1Cc1ccc(C(=N)N)cc1. The lowest BCUT2D eigenvalue weighted by molar-refractivity contribution is -0.0592. The predicted octanol–water partition coefficient (Wildman–Crippen LogP) is 1.97. The predicted molar refractivity (Wildman–Crippen MR) is 77.4 cm³/mol. The summed E-state index contributed by atoms with van der Waals surface area (Å²) in [5.41, 5.74) is 7.51. The zero-order valence-electron chi connectivity index (χ0n) is 11.7. The summed E-state index contributed by atoms with van der Waals surface area (Å²) in [5.74, 6) is 0.123. The summed E-state index contributed by atoms with van der Waals surface area (Å²) in [5, 5.41) is 7.40. The maximum Gasteiger partial charge on any atom is 0.122 e. The summed E-state index contributed by atoms with van der Waals surface area (Å²) >= 11 is 0. The van der Waals surface area contributed by atoms with E-state index in [1.807, 2.05) is 12.1 Å². The zero-order valence-corrected chi connectivity index (χ0v) is 11.7. The highest BCUT2D eigenvalue weighted by Gasteiger charge is 2.25. The lowest BCUT2D eigenvalue weighted by Crippen LogP contribution is -2.47. The van der Waals surface area contributed by atoms with Crippen LogP contribution in [0, 0.1) is 5.41 Å². The molecule has 1 aliphatic rings. The van der Waals surface area contributed by atoms with E-state index >= 15 is 0 Å². The van der Waals surface area contributed by atoms with Crippen molar-refractivity contribution in [3.8, 4) is 0 Å². The quantitative estimate of drug-likeness (QED) is 0.643. The molecule has 0 spiro atoms. The minimum atomic E-state index is 0.123. The van der Waals surface area contributed by atoms with Crippen molar-refractivity contribution in [1.29, 1.82) is 5.41 Å². The molecule has 104 valence electrons. The highest BCUT2D eigenvalue weighted by molar-refractivity contribution is 5.94. The first-order valence-electron chi connectivity index (χ1n) is 6.89. The van der Waals surface area contributed by atoms with Crippen LogP contribution in [0.1, 0.15) is 31.4 Å². The highest BCUT2D eigenvalue weighted by atomic mass is 16.5. The Hall–Kier alpha value is -1.39. The van der Waals surface area contributed by atoms with E-state index in [4.69, 9.17) is 15.9 Å². The highest BCUT2D eigenvalue weighted by Crippen LogP contribution is 2.18. The van der Waals surface area contributed by atoms with Gasteiger partial charge in [-0.3, -0.25) is 10.3 Å². The molecule has 0 radical (unpaired) electrons. The minimum absolute atomic E-state index is 0.123. The van der Waals surface area contributed by atoms with Crippen LogP contribution in [0.25, 0.3) is 0 Å². The Morgan fingerprint density at radius 1 is 1.42 bits per heavy atom. The van der Waals surface area contributed by atoms with Gasteiger partial charge in [-0.2, -0.15) is 0 Å². The average molecular weight is 261 g/mol. The molecule has 3 N–H and O–H groups in total. The number of nitrogens with zero attached hydrogens (tertiary/aromatic N) is 1. The maximum atomic E-state index is 7.40. The van der Waals surface area contributed by atoms with Gasteiger partial charge in [0.05, 0.1) is 12.7 Å². The third-order valence-corrected chi connectivity index (χ3v) is 3.70. The van der Waals surface area contributed by atoms with Crippen LogP contribution >= 0.6 is 0 Å². The molecule has 1 heterocycles. The van der Waals surface area contributed by atoms with Crippen molar-refractivity contribution in [2.24, 2.45) is 5.73 Å². The second kappa shape index (κ2) is 6.17. The van der Waals surface area contributed by atoms with E-state index < -0.39 is 0 Å². The van der Waals surface area contributed by atoms with Gasteiger partial charge in [-0.15, -0.1) is 0 Å². The molecule has 0 aliphatic carbocycles. The van der Waals surface area contributed by atoms with Gasteiger partial charge in [-0.1, -0.05) is 31.2 Å². The number of hydrogen-bond donors (Lipinski definition) is 2. The van der Waals surface area contributed by atoms with E-state index in [0.29, 0.717) is 12.1 Å². The lowest BCUT2D eigenvalue weighted by atomic mass is 10.1. The van der Waals surface area contributed by atoms with Crippen LogP contribution < -0.4 is 5.73 Å². The second-order valence-electron chi connectivity index (χ2n) is 5.25. The molecule has 1 aromatic rings. The Balaban J connectivity index is 2.04. The number of nitrogens with one attached hydrogen (secondary N) is 1. The number of rotatable bonds is 4. The molecular weight excluding hydrogens is 238 g/mol. The van der Waals surface area contributed by atoms with Crippen LogP contribution in [0.3, 0.4) is 0 Å². The summed E-state index contributed by atoms with van der Waals surface area (Å²) in [7, 11) is 0. The van der Waals surface area contributed by atoms with E-state index in [1.165, 1.54) is 5.56 Å². The van der Waals surface area contributed by atoms with Gasteiger partial charge < -0.3 is 10.5 Å². The fourth-order valence-electron chi connectivity index (χ4n) is 2.51. The number of ether oxygens (including phenoxy) is 1. The smallest absolute Gasteiger partial charge is 0.122 e. The van der Waals surface area contributed by atoms with Crippen LogP contribution in [-0.2, 0) is 11.3 Å². The summed E-state index contributed by atoms with van der Waals surface area (Å²) in [6.07, 6.45) is 1.41. The fourth-order valence-corrected chi connectivity index (χ4v) is 2.51. The van der Waals surface area contributed by atoms with Gasteiger partial charge in [0.15, 0.2) is 0 Å². The summed E-state index contributed by atoms with van der Waals surface area (Å²) in [6.45, 7) is 7.06. The van der Waals surface area contributed by atoms with Crippen molar-refractivity contribution in [2.45, 2.75) is 39.0 Å². The molecule has 1 aromatic carbocycles. The summed E-state index contributed by atoms with van der Waals surface area (Å²) < 4.78 is 5.71. The molecule has 0 saturated carbocycles. The van der Waals surface area contributed by atoms with Crippen molar-refractivity contribution < 1.29 is 4.74 Å². The van der Waals surface area contributed by atoms with Gasteiger partial charge in [0.25, 0.3) is 0 Å². The molecule has 1 fully saturated rings. The lowest BCUT2D eigenvalue weighted by Gasteiger charge is -2.38. The molecular formula is C15H23N3O. The topological polar surface area (TPSA) is 62.3 Å². The molecule has 4 nitrogen and oxygen atoms in total. The van der Waals surface area contributed by atoms with Gasteiger partial charge in [0.1, 0.15) is 5.84 Å². The average Bonchev–Trinajstić information content (AvgIpc) is 2.39. The number of nitrogen functional groups attached to an aromatic ring is 1. The third kappa shape index (κ3) is 3.55. The van der Waals surface area contributed by atoms with Crippen molar-refractivity contribution >= 4 is 5.84 Å². The monoisotopic (exact) mass is 261 g/mol. The first-order chi connectivity index (χ1) is 9.10. The van der Waals surface area contributed by atoms with Crippen LogP contribution in [0.2, 0.25) is 0 Å². The number of amidine groups is 1. The molecule has 4 heteroatoms. The molecule has 0 aromatic heterocycles. The number of benzene rings is 1. The summed E-state index contributed by atoms with van der Waals surface area (Å²) in [4.78, 5) is 2.48. The fraction of sp³-hybridized carbons (Fsp3) is 0.533. The van der Waals surface area contributed by atoms with Crippen molar-refractivity contribution in [2.75, 3.05) is 13.2 Å². The molecule has 2 rings (SSSR count). The Bertz CT molecular complexity index is 430. The molecule has 19 heavy (non-hydrogen) atoms. The van der Waals surface area contributed by atoms with Crippen LogP contribution in [0.5, 0.6) is 0 Å². The third-order valence-electron chi connectivity index (χ3n) is 3.70. The Morgan fingerprint density at radius 3 is 2.68 bits per heavy atom. The minimum Gasteiger partial charge on any atom is -0.384 e. The number of nitrogens with two attached hydrogens (primary N) is 1. The first-order valence-corrected chi connectivity index (χ1v) is 6.89. The van der Waals surface area contributed by atoms with Gasteiger partial charge in [0.2, 0.25) is 0 Å². The van der Waals surface area contributed by atoms with E-state index in [9.17, 15) is 0 Å². The van der Waals surface area contributed by atoms with Gasteiger partial charge >= 0.3 is 0 Å². The number of morpholine rings is 1. The van der Waals surface area contributed by atoms with Crippen LogP contribution in [-0.4, -0.2) is 36.0 Å². The normalized spacial score (nSPS) is 24.3. The summed E-state index contributed by atoms with van der Waals surface area (Å²) in [6, 6.07) is 8.46. The number of hydrogen-bond acceptors (Lipinski definition) is 3. The molecule has 2 atom stereocenters. The second-order valence-corrected chi connectivity index (χ2v) is 5.25. The van der Waals surface area contributed by atoms with E-state index in [2.05, 4.69) is 30.9 Å².